The first kappa shape index (κ1) is 20.7. The van der Waals surface area contributed by atoms with Crippen LogP contribution in [0.2, 0.25) is 0 Å². The van der Waals surface area contributed by atoms with Gasteiger partial charge in [0.15, 0.2) is 0 Å². The number of ether oxygens (including phenoxy) is 2. The predicted molar refractivity (Wildman–Crippen MR) is 118 cm³/mol. The minimum Gasteiger partial charge on any atom is -0.496 e. The van der Waals surface area contributed by atoms with Gasteiger partial charge in [0.2, 0.25) is 0 Å². The zero-order valence-electron chi connectivity index (χ0n) is 17.6. The van der Waals surface area contributed by atoms with Crippen LogP contribution in [0.5, 0.6) is 5.75 Å². The molecule has 152 valence electrons. The molecule has 0 fully saturated rings. The van der Waals surface area contributed by atoms with Crippen LogP contribution in [0.15, 0.2) is 66.7 Å². The standard InChI is InChI=1S/C25H29NO3/c1-25(2,3)29-24(27)26-17-22(16-21-11-7-8-12-23(21)28-4)20-14-13-18-9-5-6-10-19(18)15-20/h5-15,22H,16-17H2,1-4H3,(H,26,27). The van der Waals surface area contributed by atoms with Crippen LogP contribution in [-0.4, -0.2) is 25.3 Å². The Morgan fingerprint density at radius 1 is 0.966 bits per heavy atom. The van der Waals surface area contributed by atoms with E-state index < -0.39 is 11.7 Å². The summed E-state index contributed by atoms with van der Waals surface area (Å²) < 4.78 is 10.9. The van der Waals surface area contributed by atoms with E-state index in [0.29, 0.717) is 6.54 Å². The summed E-state index contributed by atoms with van der Waals surface area (Å²) in [6.45, 7) is 6.07. The molecule has 1 atom stereocenters. The van der Waals surface area contributed by atoms with Gasteiger partial charge in [0, 0.05) is 12.5 Å². The van der Waals surface area contributed by atoms with Crippen molar-refractivity contribution in [3.63, 3.8) is 0 Å². The largest absolute Gasteiger partial charge is 0.496 e. The fraction of sp³-hybridized carbons (Fsp3) is 0.320. The van der Waals surface area contributed by atoms with Crippen molar-refractivity contribution < 1.29 is 14.3 Å². The van der Waals surface area contributed by atoms with Crippen LogP contribution >= 0.6 is 0 Å². The van der Waals surface area contributed by atoms with Crippen LogP contribution in [0.3, 0.4) is 0 Å². The van der Waals surface area contributed by atoms with Gasteiger partial charge in [0.25, 0.3) is 0 Å². The molecule has 3 aromatic rings. The zero-order valence-corrected chi connectivity index (χ0v) is 17.6. The number of rotatable bonds is 6. The number of benzene rings is 3. The Labute approximate surface area is 172 Å². The van der Waals surface area contributed by atoms with E-state index in [2.05, 4.69) is 41.7 Å². The third-order valence-electron chi connectivity index (χ3n) is 4.80. The molecule has 0 heterocycles. The van der Waals surface area contributed by atoms with Gasteiger partial charge in [0.1, 0.15) is 11.4 Å². The van der Waals surface area contributed by atoms with E-state index in [1.165, 1.54) is 16.3 Å². The van der Waals surface area contributed by atoms with E-state index in [4.69, 9.17) is 9.47 Å². The van der Waals surface area contributed by atoms with Crippen molar-refractivity contribution in [3.05, 3.63) is 77.9 Å². The van der Waals surface area contributed by atoms with Crippen molar-refractivity contribution in [2.45, 2.75) is 38.7 Å². The molecule has 0 radical (unpaired) electrons. The van der Waals surface area contributed by atoms with Crippen LogP contribution in [0, 0.1) is 0 Å². The average Bonchev–Trinajstić information content (AvgIpc) is 2.69. The molecule has 3 rings (SSSR count). The van der Waals surface area contributed by atoms with Crippen LogP contribution in [0.1, 0.15) is 37.8 Å². The number of para-hydroxylation sites is 1. The van der Waals surface area contributed by atoms with Crippen LogP contribution in [0.4, 0.5) is 4.79 Å². The van der Waals surface area contributed by atoms with E-state index in [1.807, 2.05) is 51.1 Å². The van der Waals surface area contributed by atoms with Gasteiger partial charge in [-0.1, -0.05) is 60.7 Å². The summed E-state index contributed by atoms with van der Waals surface area (Å²) in [5, 5.41) is 5.33. The quantitative estimate of drug-likeness (QED) is 0.586. The molecule has 29 heavy (non-hydrogen) atoms. The molecule has 0 aromatic heterocycles. The summed E-state index contributed by atoms with van der Waals surface area (Å²) in [5.41, 5.74) is 1.76. The number of hydrogen-bond donors (Lipinski definition) is 1. The molecule has 0 aliphatic carbocycles. The van der Waals surface area contributed by atoms with Crippen molar-refractivity contribution >= 4 is 16.9 Å². The third kappa shape index (κ3) is 5.74. The second kappa shape index (κ2) is 8.99. The Hall–Kier alpha value is -3.01. The molecular weight excluding hydrogens is 362 g/mol. The Kier molecular flexibility index (Phi) is 6.42. The Morgan fingerprint density at radius 3 is 2.38 bits per heavy atom. The smallest absolute Gasteiger partial charge is 0.407 e. The molecule has 0 aliphatic rings. The fourth-order valence-electron chi connectivity index (χ4n) is 3.43. The molecular formula is C25H29NO3. The van der Waals surface area contributed by atoms with Crippen LogP contribution < -0.4 is 10.1 Å². The summed E-state index contributed by atoms with van der Waals surface area (Å²) in [7, 11) is 1.68. The number of amides is 1. The van der Waals surface area contributed by atoms with Gasteiger partial charge in [-0.25, -0.2) is 4.79 Å². The van der Waals surface area contributed by atoms with Gasteiger partial charge >= 0.3 is 6.09 Å². The lowest BCUT2D eigenvalue weighted by atomic mass is 9.90. The Morgan fingerprint density at radius 2 is 1.66 bits per heavy atom. The first-order valence-electron chi connectivity index (χ1n) is 9.93. The zero-order chi connectivity index (χ0) is 20.9. The molecule has 1 N–H and O–H groups in total. The molecule has 0 saturated heterocycles. The average molecular weight is 392 g/mol. The van der Waals surface area contributed by atoms with E-state index in [1.54, 1.807) is 7.11 Å². The minimum atomic E-state index is -0.523. The number of methoxy groups -OCH3 is 1. The third-order valence-corrected chi connectivity index (χ3v) is 4.80. The van der Waals surface area contributed by atoms with Gasteiger partial charge in [0.05, 0.1) is 7.11 Å². The van der Waals surface area contributed by atoms with Crippen molar-refractivity contribution in [1.29, 1.82) is 0 Å². The number of nitrogens with one attached hydrogen (secondary N) is 1. The van der Waals surface area contributed by atoms with Crippen molar-refractivity contribution in [2.24, 2.45) is 0 Å². The summed E-state index contributed by atoms with van der Waals surface area (Å²) in [6, 6.07) is 22.8. The van der Waals surface area contributed by atoms with Crippen molar-refractivity contribution in [1.82, 2.24) is 5.32 Å². The van der Waals surface area contributed by atoms with Crippen LogP contribution in [0.25, 0.3) is 10.8 Å². The van der Waals surface area contributed by atoms with Crippen LogP contribution in [-0.2, 0) is 11.2 Å². The van der Waals surface area contributed by atoms with Gasteiger partial charge in [-0.2, -0.15) is 0 Å². The molecule has 0 bridgehead atoms. The molecule has 4 nitrogen and oxygen atoms in total. The summed E-state index contributed by atoms with van der Waals surface area (Å²) in [4.78, 5) is 12.2. The fourth-order valence-corrected chi connectivity index (χ4v) is 3.43. The number of carbonyl (C=O) groups excluding carboxylic acids is 1. The minimum absolute atomic E-state index is 0.0865. The predicted octanol–water partition coefficient (Wildman–Crippen LogP) is 5.70. The number of carbonyl (C=O) groups is 1. The lowest BCUT2D eigenvalue weighted by molar-refractivity contribution is 0.0524. The topological polar surface area (TPSA) is 47.6 Å². The van der Waals surface area contributed by atoms with E-state index in [0.717, 1.165) is 17.7 Å². The van der Waals surface area contributed by atoms with Crippen molar-refractivity contribution in [3.8, 4) is 5.75 Å². The molecule has 0 saturated carbocycles. The molecule has 0 aliphatic heterocycles. The monoisotopic (exact) mass is 391 g/mol. The highest BCUT2D eigenvalue weighted by atomic mass is 16.6. The molecule has 4 heteroatoms. The Balaban J connectivity index is 1.86. The lowest BCUT2D eigenvalue weighted by Crippen LogP contribution is -2.35. The molecule has 1 amide bonds. The highest BCUT2D eigenvalue weighted by molar-refractivity contribution is 5.83. The molecule has 1 unspecified atom stereocenters. The first-order chi connectivity index (χ1) is 13.9. The van der Waals surface area contributed by atoms with Gasteiger partial charge in [-0.05, 0) is 55.2 Å². The Bertz CT molecular complexity index is 975. The molecule has 3 aromatic carbocycles. The highest BCUT2D eigenvalue weighted by Gasteiger charge is 2.20. The van der Waals surface area contributed by atoms with E-state index in [-0.39, 0.29) is 5.92 Å². The molecule has 0 spiro atoms. The SMILES string of the molecule is COc1ccccc1CC(CNC(=O)OC(C)(C)C)c1ccc2ccccc2c1. The van der Waals surface area contributed by atoms with Gasteiger partial charge in [-0.3, -0.25) is 0 Å². The second-order valence-electron chi connectivity index (χ2n) is 8.20. The van der Waals surface area contributed by atoms with Gasteiger partial charge in [-0.15, -0.1) is 0 Å². The number of hydrogen-bond acceptors (Lipinski definition) is 3. The maximum absolute atomic E-state index is 12.2. The maximum Gasteiger partial charge on any atom is 0.407 e. The normalized spacial score (nSPS) is 12.4. The number of alkyl carbamates (subject to hydrolysis) is 1. The second-order valence-corrected chi connectivity index (χ2v) is 8.20. The summed E-state index contributed by atoms with van der Waals surface area (Å²) in [5.74, 6) is 0.944. The van der Waals surface area contributed by atoms with Crippen molar-refractivity contribution in [2.75, 3.05) is 13.7 Å². The van der Waals surface area contributed by atoms with Gasteiger partial charge < -0.3 is 14.8 Å². The summed E-state index contributed by atoms with van der Waals surface area (Å²) in [6.07, 6.45) is 0.348. The maximum atomic E-state index is 12.2. The van der Waals surface area contributed by atoms with E-state index >= 15 is 0 Å². The number of fused-ring (bicyclic) bond motifs is 1. The lowest BCUT2D eigenvalue weighted by Gasteiger charge is -2.23. The first-order valence-corrected chi connectivity index (χ1v) is 9.93. The summed E-state index contributed by atoms with van der Waals surface area (Å²) >= 11 is 0. The van der Waals surface area contributed by atoms with E-state index in [9.17, 15) is 4.79 Å². The highest BCUT2D eigenvalue weighted by Crippen LogP contribution is 2.28.